The first-order valence-corrected chi connectivity index (χ1v) is 6.25. The molecule has 1 unspecified atom stereocenters. The minimum Gasteiger partial charge on any atom is -0.377 e. The van der Waals surface area contributed by atoms with E-state index in [0.717, 1.165) is 0 Å². The summed E-state index contributed by atoms with van der Waals surface area (Å²) in [5.41, 5.74) is 6.37. The summed E-state index contributed by atoms with van der Waals surface area (Å²) < 4.78 is 20.5. The average Bonchev–Trinajstić information content (AvgIpc) is 3.04. The van der Waals surface area contributed by atoms with Crippen molar-refractivity contribution in [3.05, 3.63) is 17.7 Å². The largest absolute Gasteiger partial charge is 0.377 e. The Bertz CT molecular complexity index is 537. The molecule has 0 fully saturated rings. The van der Waals surface area contributed by atoms with Gasteiger partial charge in [0.2, 0.25) is 0 Å². The van der Waals surface area contributed by atoms with Crippen molar-refractivity contribution in [1.82, 2.24) is 15.3 Å². The summed E-state index contributed by atoms with van der Waals surface area (Å²) in [5.74, 6) is 1.21. The molecule has 2 heterocycles. The van der Waals surface area contributed by atoms with Gasteiger partial charge < -0.3 is 24.3 Å². The van der Waals surface area contributed by atoms with E-state index in [-0.39, 0.29) is 12.0 Å². The van der Waals surface area contributed by atoms with E-state index in [2.05, 4.69) is 15.3 Å². The van der Waals surface area contributed by atoms with Crippen molar-refractivity contribution in [3.8, 4) is 11.6 Å². The van der Waals surface area contributed by atoms with Crippen LogP contribution in [0.2, 0.25) is 0 Å². The van der Waals surface area contributed by atoms with Crippen molar-refractivity contribution in [3.63, 3.8) is 0 Å². The number of nitrogens with zero attached hydrogens (tertiary/aromatic N) is 3. The smallest absolute Gasteiger partial charge is 0.280 e. The van der Waals surface area contributed by atoms with Crippen molar-refractivity contribution in [2.24, 2.45) is 5.73 Å². The molecule has 2 aromatic heterocycles. The van der Waals surface area contributed by atoms with Crippen LogP contribution < -0.4 is 5.73 Å². The van der Waals surface area contributed by atoms with E-state index in [9.17, 15) is 0 Å². The van der Waals surface area contributed by atoms with Crippen LogP contribution in [0, 0.1) is 0 Å². The zero-order valence-electron chi connectivity index (χ0n) is 11.7. The Kier molecular flexibility index (Phi) is 4.83. The van der Waals surface area contributed by atoms with E-state index < -0.39 is 6.04 Å². The Labute approximate surface area is 116 Å². The normalized spacial score (nSPS) is 13.1. The number of aromatic nitrogens is 3. The molecule has 0 aliphatic heterocycles. The van der Waals surface area contributed by atoms with Crippen molar-refractivity contribution >= 4 is 0 Å². The zero-order valence-corrected chi connectivity index (χ0v) is 11.7. The highest BCUT2D eigenvalue weighted by molar-refractivity contribution is 5.45. The van der Waals surface area contributed by atoms with Gasteiger partial charge in [0.25, 0.3) is 5.89 Å². The third-order valence-electron chi connectivity index (χ3n) is 2.45. The molecule has 0 bridgehead atoms. The number of hydrogen-bond acceptors (Lipinski definition) is 8. The lowest BCUT2D eigenvalue weighted by Crippen LogP contribution is -2.20. The second-order valence-electron chi connectivity index (χ2n) is 4.56. The summed E-state index contributed by atoms with van der Waals surface area (Å²) in [7, 11) is 1.57. The third-order valence-corrected chi connectivity index (χ3v) is 2.45. The van der Waals surface area contributed by atoms with Gasteiger partial charge in [-0.15, -0.1) is 0 Å². The quantitative estimate of drug-likeness (QED) is 0.809. The predicted octanol–water partition coefficient (Wildman–Crippen LogP) is 1.30. The van der Waals surface area contributed by atoms with Gasteiger partial charge in [-0.2, -0.15) is 4.98 Å². The second-order valence-corrected chi connectivity index (χ2v) is 4.56. The molecule has 0 amide bonds. The molecule has 8 heteroatoms. The van der Waals surface area contributed by atoms with Gasteiger partial charge in [-0.1, -0.05) is 10.3 Å². The first-order valence-electron chi connectivity index (χ1n) is 6.25. The van der Waals surface area contributed by atoms with Gasteiger partial charge in [0.15, 0.2) is 17.3 Å². The monoisotopic (exact) mass is 282 g/mol. The molecule has 8 nitrogen and oxygen atoms in total. The molecule has 2 aromatic rings. The highest BCUT2D eigenvalue weighted by atomic mass is 16.5. The fourth-order valence-electron chi connectivity index (χ4n) is 1.48. The van der Waals surface area contributed by atoms with Gasteiger partial charge in [0, 0.05) is 13.2 Å². The SMILES string of the molecule is COCc1cc(-c2nc(C(N)COC(C)C)no2)no1. The van der Waals surface area contributed by atoms with Gasteiger partial charge in [0.1, 0.15) is 6.61 Å². The molecule has 20 heavy (non-hydrogen) atoms. The molecule has 0 aromatic carbocycles. The van der Waals surface area contributed by atoms with E-state index in [1.54, 1.807) is 13.2 Å². The number of methoxy groups -OCH3 is 1. The van der Waals surface area contributed by atoms with E-state index >= 15 is 0 Å². The molecule has 0 spiro atoms. The van der Waals surface area contributed by atoms with Crippen LogP contribution >= 0.6 is 0 Å². The van der Waals surface area contributed by atoms with Crippen LogP contribution in [0.5, 0.6) is 0 Å². The Balaban J connectivity index is 2.03. The highest BCUT2D eigenvalue weighted by Gasteiger charge is 2.18. The minimum absolute atomic E-state index is 0.0968. The summed E-state index contributed by atoms with van der Waals surface area (Å²) in [5, 5.41) is 7.65. The van der Waals surface area contributed by atoms with Crippen molar-refractivity contribution in [1.29, 1.82) is 0 Å². The number of rotatable bonds is 7. The van der Waals surface area contributed by atoms with Crippen LogP contribution in [0.15, 0.2) is 15.1 Å². The number of hydrogen-bond donors (Lipinski definition) is 1. The van der Waals surface area contributed by atoms with E-state index in [0.29, 0.717) is 30.5 Å². The highest BCUT2D eigenvalue weighted by Crippen LogP contribution is 2.19. The van der Waals surface area contributed by atoms with E-state index in [4.69, 9.17) is 24.3 Å². The molecule has 0 aliphatic carbocycles. The third kappa shape index (κ3) is 3.62. The van der Waals surface area contributed by atoms with Gasteiger partial charge >= 0.3 is 0 Å². The molecule has 2 N–H and O–H groups in total. The molecule has 0 saturated carbocycles. The minimum atomic E-state index is -0.444. The number of nitrogens with two attached hydrogens (primary N) is 1. The van der Waals surface area contributed by atoms with Gasteiger partial charge in [-0.25, -0.2) is 0 Å². The van der Waals surface area contributed by atoms with Gasteiger partial charge in [-0.3, -0.25) is 0 Å². The fourth-order valence-corrected chi connectivity index (χ4v) is 1.48. The molecule has 0 radical (unpaired) electrons. The molecule has 0 saturated heterocycles. The molecule has 0 aliphatic rings. The first kappa shape index (κ1) is 14.6. The summed E-state index contributed by atoms with van der Waals surface area (Å²) in [6.45, 7) is 4.52. The van der Waals surface area contributed by atoms with Crippen molar-refractivity contribution in [2.75, 3.05) is 13.7 Å². The van der Waals surface area contributed by atoms with Crippen molar-refractivity contribution in [2.45, 2.75) is 32.6 Å². The molecule has 110 valence electrons. The Morgan fingerprint density at radius 2 is 2.10 bits per heavy atom. The van der Waals surface area contributed by atoms with Crippen molar-refractivity contribution < 1.29 is 18.5 Å². The van der Waals surface area contributed by atoms with Crippen LogP contribution in [-0.4, -0.2) is 35.1 Å². The maximum absolute atomic E-state index is 5.91. The topological polar surface area (TPSA) is 109 Å². The van der Waals surface area contributed by atoms with Gasteiger partial charge in [-0.05, 0) is 13.8 Å². The zero-order chi connectivity index (χ0) is 14.5. The van der Waals surface area contributed by atoms with Crippen LogP contribution in [0.1, 0.15) is 31.5 Å². The lowest BCUT2D eigenvalue weighted by molar-refractivity contribution is 0.0665. The first-order chi connectivity index (χ1) is 9.60. The van der Waals surface area contributed by atoms with Crippen LogP contribution in [0.25, 0.3) is 11.6 Å². The Morgan fingerprint density at radius 3 is 2.80 bits per heavy atom. The standard InChI is InChI=1S/C12H18N4O4/c1-7(2)18-6-9(13)11-14-12(20-16-11)10-4-8(5-17-3)19-15-10/h4,7,9H,5-6,13H2,1-3H3. The fraction of sp³-hybridized carbons (Fsp3) is 0.583. The van der Waals surface area contributed by atoms with Crippen LogP contribution in [0.3, 0.4) is 0 Å². The maximum atomic E-state index is 5.91. The molecule has 2 rings (SSSR count). The summed E-state index contributed by atoms with van der Waals surface area (Å²) in [6.07, 6.45) is 0.0968. The lowest BCUT2D eigenvalue weighted by atomic mass is 10.3. The Morgan fingerprint density at radius 1 is 1.30 bits per heavy atom. The molecular weight excluding hydrogens is 264 g/mol. The predicted molar refractivity (Wildman–Crippen MR) is 68.5 cm³/mol. The summed E-state index contributed by atoms with van der Waals surface area (Å²) >= 11 is 0. The lowest BCUT2D eigenvalue weighted by Gasteiger charge is -2.10. The average molecular weight is 282 g/mol. The summed E-state index contributed by atoms with van der Waals surface area (Å²) in [6, 6.07) is 1.23. The Hall–Kier alpha value is -1.77. The maximum Gasteiger partial charge on any atom is 0.280 e. The van der Waals surface area contributed by atoms with E-state index in [1.165, 1.54) is 0 Å². The molecule has 1 atom stereocenters. The summed E-state index contributed by atoms with van der Waals surface area (Å²) in [4.78, 5) is 4.19. The van der Waals surface area contributed by atoms with Crippen LogP contribution in [-0.2, 0) is 16.1 Å². The van der Waals surface area contributed by atoms with Crippen LogP contribution in [0.4, 0.5) is 0 Å². The second kappa shape index (κ2) is 6.60. The number of ether oxygens (including phenoxy) is 2. The molecular formula is C12H18N4O4. The van der Waals surface area contributed by atoms with E-state index in [1.807, 2.05) is 13.8 Å². The van der Waals surface area contributed by atoms with Gasteiger partial charge in [0.05, 0.1) is 18.8 Å².